The van der Waals surface area contributed by atoms with E-state index in [0.717, 1.165) is 11.3 Å². The molecule has 0 radical (unpaired) electrons. The van der Waals surface area contributed by atoms with Gasteiger partial charge in [-0.3, -0.25) is 9.69 Å². The number of hydrogen-bond donors (Lipinski definition) is 1. The van der Waals surface area contributed by atoms with Gasteiger partial charge in [-0.2, -0.15) is 26.3 Å². The fourth-order valence-corrected chi connectivity index (χ4v) is 5.19. The average Bonchev–Trinajstić information content (AvgIpc) is 2.87. The van der Waals surface area contributed by atoms with E-state index in [-0.39, 0.29) is 36.0 Å². The normalized spacial score (nSPS) is 19.7. The third-order valence-corrected chi connectivity index (χ3v) is 7.28. The summed E-state index contributed by atoms with van der Waals surface area (Å²) in [4.78, 5) is 13.5. The molecule has 38 heavy (non-hydrogen) atoms. The van der Waals surface area contributed by atoms with Crippen molar-refractivity contribution in [1.29, 1.82) is 0 Å². The summed E-state index contributed by atoms with van der Waals surface area (Å²) in [6.07, 6.45) is -7.61. The van der Waals surface area contributed by atoms with Crippen molar-refractivity contribution < 1.29 is 40.6 Å². The Balaban J connectivity index is 1.39. The Morgan fingerprint density at radius 3 is 2.42 bits per heavy atom. The Kier molecular flexibility index (Phi) is 8.15. The van der Waals surface area contributed by atoms with E-state index in [1.54, 1.807) is 11.8 Å². The summed E-state index contributed by atoms with van der Waals surface area (Å²) in [6, 6.07) is 7.30. The van der Waals surface area contributed by atoms with Gasteiger partial charge in [0.1, 0.15) is 12.4 Å². The van der Waals surface area contributed by atoms with Gasteiger partial charge in [0.2, 0.25) is 0 Å². The SMILES string of the molecule is COC(=O)[C@@H](C)Cc1ccc2c(c1)NC(C1CCN(Cc3cc(C(F)(F)F)ccc3C(F)(F)F)CC1)CO2. The van der Waals surface area contributed by atoms with Crippen molar-refractivity contribution >= 4 is 11.7 Å². The van der Waals surface area contributed by atoms with Crippen LogP contribution in [0.1, 0.15) is 42.0 Å². The number of ether oxygens (including phenoxy) is 2. The van der Waals surface area contributed by atoms with Crippen LogP contribution in [0, 0.1) is 11.8 Å². The van der Waals surface area contributed by atoms with E-state index in [4.69, 9.17) is 9.47 Å². The van der Waals surface area contributed by atoms with Crippen LogP contribution in [-0.2, 0) is 34.8 Å². The molecule has 2 aliphatic heterocycles. The number of nitrogens with zero attached hydrogens (tertiary/aromatic N) is 1. The smallest absolute Gasteiger partial charge is 0.416 e. The summed E-state index contributed by atoms with van der Waals surface area (Å²) in [5.74, 6) is 0.305. The zero-order valence-electron chi connectivity index (χ0n) is 21.1. The van der Waals surface area contributed by atoms with Gasteiger partial charge >= 0.3 is 18.3 Å². The fourth-order valence-electron chi connectivity index (χ4n) is 5.19. The molecule has 1 unspecified atom stereocenters. The van der Waals surface area contributed by atoms with Crippen molar-refractivity contribution in [2.45, 2.75) is 51.1 Å². The van der Waals surface area contributed by atoms with E-state index in [1.165, 1.54) is 7.11 Å². The van der Waals surface area contributed by atoms with Crippen molar-refractivity contribution in [3.63, 3.8) is 0 Å². The highest BCUT2D eigenvalue weighted by atomic mass is 19.4. The number of fused-ring (bicyclic) bond motifs is 1. The zero-order valence-corrected chi connectivity index (χ0v) is 21.1. The number of hydrogen-bond acceptors (Lipinski definition) is 5. The molecule has 0 spiro atoms. The van der Waals surface area contributed by atoms with Crippen LogP contribution in [-0.4, -0.2) is 43.7 Å². The average molecular weight is 545 g/mol. The summed E-state index contributed by atoms with van der Waals surface area (Å²) in [7, 11) is 1.35. The van der Waals surface area contributed by atoms with Gasteiger partial charge in [0, 0.05) is 6.54 Å². The number of carbonyl (C=O) groups excluding carboxylic acids is 1. The molecule has 5 nitrogen and oxygen atoms in total. The number of halogens is 6. The monoisotopic (exact) mass is 544 g/mol. The van der Waals surface area contributed by atoms with Crippen molar-refractivity contribution in [1.82, 2.24) is 4.90 Å². The largest absolute Gasteiger partial charge is 0.489 e. The molecule has 2 aromatic rings. The van der Waals surface area contributed by atoms with E-state index in [9.17, 15) is 31.1 Å². The van der Waals surface area contributed by atoms with E-state index >= 15 is 0 Å². The highest BCUT2D eigenvalue weighted by Crippen LogP contribution is 2.38. The fraction of sp³-hybridized carbons (Fsp3) is 0.519. The lowest BCUT2D eigenvalue weighted by Gasteiger charge is -2.39. The van der Waals surface area contributed by atoms with Gasteiger partial charge in [-0.1, -0.05) is 13.0 Å². The molecule has 0 saturated carbocycles. The molecule has 0 amide bonds. The molecule has 11 heteroatoms. The standard InChI is InChI=1S/C27H30F6N2O3/c1-16(25(36)37-2)11-17-3-6-24-22(12-17)34-23(15-38-24)18-7-9-35(10-8-18)14-19-13-20(26(28,29)30)4-5-21(19)27(31,32)33/h3-6,12-13,16,18,23,34H,7-11,14-15H2,1-2H3/t16-,23?/m0/s1. The number of benzene rings is 2. The molecule has 2 atom stereocenters. The van der Waals surface area contributed by atoms with Crippen molar-refractivity contribution in [2.24, 2.45) is 11.8 Å². The predicted molar refractivity (Wildman–Crippen MR) is 129 cm³/mol. The van der Waals surface area contributed by atoms with Crippen molar-refractivity contribution in [3.05, 3.63) is 58.7 Å². The summed E-state index contributed by atoms with van der Waals surface area (Å²) >= 11 is 0. The second kappa shape index (κ2) is 11.0. The molecule has 2 aromatic carbocycles. The Morgan fingerprint density at radius 1 is 1.08 bits per heavy atom. The van der Waals surface area contributed by atoms with Crippen molar-refractivity contribution in [3.8, 4) is 5.75 Å². The van der Waals surface area contributed by atoms with Gasteiger partial charge in [0.25, 0.3) is 0 Å². The number of rotatable bonds is 6. The summed E-state index contributed by atoms with van der Waals surface area (Å²) in [5, 5.41) is 3.51. The van der Waals surface area contributed by atoms with Gasteiger partial charge in [-0.05, 0) is 79.7 Å². The molecule has 0 aliphatic carbocycles. The first-order valence-electron chi connectivity index (χ1n) is 12.4. The third-order valence-electron chi connectivity index (χ3n) is 7.28. The maximum Gasteiger partial charge on any atom is 0.416 e. The Morgan fingerprint density at radius 2 is 1.79 bits per heavy atom. The third kappa shape index (κ3) is 6.54. The quantitative estimate of drug-likeness (QED) is 0.349. The van der Waals surface area contributed by atoms with Crippen molar-refractivity contribution in [2.75, 3.05) is 32.1 Å². The van der Waals surface area contributed by atoms with Crippen LogP contribution in [0.25, 0.3) is 0 Å². The predicted octanol–water partition coefficient (Wildman–Crippen LogP) is 6.16. The molecule has 1 N–H and O–H groups in total. The lowest BCUT2D eigenvalue weighted by molar-refractivity contribution is -0.144. The van der Waals surface area contributed by atoms with E-state index in [2.05, 4.69) is 5.32 Å². The molecule has 2 aliphatic rings. The molecule has 1 fully saturated rings. The second-order valence-corrected chi connectivity index (χ2v) is 10.0. The van der Waals surface area contributed by atoms with Gasteiger partial charge in [-0.15, -0.1) is 0 Å². The number of esters is 1. The van der Waals surface area contributed by atoms with Crippen LogP contribution in [0.3, 0.4) is 0 Å². The molecular weight excluding hydrogens is 514 g/mol. The van der Waals surface area contributed by atoms with Crippen LogP contribution in [0.2, 0.25) is 0 Å². The van der Waals surface area contributed by atoms with Crippen LogP contribution in [0.4, 0.5) is 32.0 Å². The first-order chi connectivity index (χ1) is 17.8. The van der Waals surface area contributed by atoms with E-state index < -0.39 is 23.5 Å². The Hall–Kier alpha value is -2.95. The molecule has 4 rings (SSSR count). The molecule has 0 bridgehead atoms. The van der Waals surface area contributed by atoms with Crippen LogP contribution in [0.5, 0.6) is 5.75 Å². The summed E-state index contributed by atoms with van der Waals surface area (Å²) < 4.78 is 90.6. The molecule has 208 valence electrons. The zero-order chi connectivity index (χ0) is 27.7. The summed E-state index contributed by atoms with van der Waals surface area (Å²) in [5.41, 5.74) is -0.721. The van der Waals surface area contributed by atoms with E-state index in [1.807, 2.05) is 18.2 Å². The second-order valence-electron chi connectivity index (χ2n) is 10.0. The first-order valence-corrected chi connectivity index (χ1v) is 12.4. The van der Waals surface area contributed by atoms with E-state index in [0.29, 0.717) is 62.9 Å². The number of methoxy groups -OCH3 is 1. The first kappa shape index (κ1) is 28.1. The number of nitrogens with one attached hydrogen (secondary N) is 1. The maximum absolute atomic E-state index is 13.5. The van der Waals surface area contributed by atoms with Gasteiger partial charge in [-0.25, -0.2) is 0 Å². The maximum atomic E-state index is 13.5. The number of anilines is 1. The van der Waals surface area contributed by atoms with Gasteiger partial charge in [0.15, 0.2) is 0 Å². The van der Waals surface area contributed by atoms with Crippen LogP contribution >= 0.6 is 0 Å². The van der Waals surface area contributed by atoms with Crippen LogP contribution in [0.15, 0.2) is 36.4 Å². The number of carbonyl (C=O) groups is 1. The minimum Gasteiger partial charge on any atom is -0.489 e. The Bertz CT molecular complexity index is 1140. The molecule has 2 heterocycles. The number of piperidine rings is 1. The lowest BCUT2D eigenvalue weighted by Crippen LogP contribution is -2.44. The molecular formula is C27H30F6N2O3. The Labute approximate surface area is 217 Å². The minimum absolute atomic E-state index is 0.0165. The van der Waals surface area contributed by atoms with Crippen LogP contribution < -0.4 is 10.1 Å². The number of likely N-dealkylation sites (tertiary alicyclic amines) is 1. The lowest BCUT2D eigenvalue weighted by atomic mass is 9.88. The topological polar surface area (TPSA) is 50.8 Å². The van der Waals surface area contributed by atoms with Gasteiger partial charge < -0.3 is 14.8 Å². The van der Waals surface area contributed by atoms with Gasteiger partial charge in [0.05, 0.1) is 35.9 Å². The molecule has 0 aromatic heterocycles. The summed E-state index contributed by atoms with van der Waals surface area (Å²) in [6.45, 7) is 2.94. The highest BCUT2D eigenvalue weighted by molar-refractivity contribution is 5.72. The highest BCUT2D eigenvalue weighted by Gasteiger charge is 2.38. The molecule has 1 saturated heterocycles. The minimum atomic E-state index is -4.73. The number of alkyl halides is 6.